The number of hydrogen-bond donors (Lipinski definition) is 0. The van der Waals surface area contributed by atoms with Gasteiger partial charge >= 0.3 is 0 Å². The number of aromatic nitrogens is 3. The lowest BCUT2D eigenvalue weighted by molar-refractivity contribution is 0.0789. The fraction of sp³-hybridized carbons (Fsp3) is 0.350. The number of nitrogens with zero attached hydrogens (tertiary/aromatic N) is 4. The normalized spacial score (nSPS) is 17.4. The molecule has 128 valence electrons. The SMILES string of the molecule is CCn1c(C2CCN(C(=O)c3ccccc3C)C2)nc2cccnc21. The summed E-state index contributed by atoms with van der Waals surface area (Å²) in [6.45, 7) is 6.44. The fourth-order valence-corrected chi connectivity index (χ4v) is 3.74. The van der Waals surface area contributed by atoms with Crippen LogP contribution in [0.3, 0.4) is 0 Å². The fourth-order valence-electron chi connectivity index (χ4n) is 3.74. The summed E-state index contributed by atoms with van der Waals surface area (Å²) in [5.74, 6) is 1.44. The predicted octanol–water partition coefficient (Wildman–Crippen LogP) is 3.39. The maximum atomic E-state index is 12.9. The Kier molecular flexibility index (Phi) is 3.99. The minimum absolute atomic E-state index is 0.123. The van der Waals surface area contributed by atoms with E-state index >= 15 is 0 Å². The molecule has 1 aromatic carbocycles. The maximum Gasteiger partial charge on any atom is 0.254 e. The predicted molar refractivity (Wildman–Crippen MR) is 97.6 cm³/mol. The quantitative estimate of drug-likeness (QED) is 0.738. The molecular weight excluding hydrogens is 312 g/mol. The van der Waals surface area contributed by atoms with Crippen molar-refractivity contribution >= 4 is 17.1 Å². The van der Waals surface area contributed by atoms with E-state index in [0.717, 1.165) is 54.2 Å². The smallest absolute Gasteiger partial charge is 0.254 e. The van der Waals surface area contributed by atoms with E-state index in [9.17, 15) is 4.79 Å². The molecule has 5 nitrogen and oxygen atoms in total. The van der Waals surface area contributed by atoms with Crippen molar-refractivity contribution in [2.24, 2.45) is 0 Å². The van der Waals surface area contributed by atoms with Gasteiger partial charge in [0.05, 0.1) is 0 Å². The Morgan fingerprint density at radius 1 is 1.24 bits per heavy atom. The first-order valence-electron chi connectivity index (χ1n) is 8.85. The topological polar surface area (TPSA) is 51.0 Å². The molecule has 1 atom stereocenters. The summed E-state index contributed by atoms with van der Waals surface area (Å²) in [4.78, 5) is 24.1. The number of carbonyl (C=O) groups is 1. The van der Waals surface area contributed by atoms with Crippen LogP contribution in [0.25, 0.3) is 11.2 Å². The van der Waals surface area contributed by atoms with E-state index in [1.54, 1.807) is 0 Å². The van der Waals surface area contributed by atoms with Crippen molar-refractivity contribution < 1.29 is 4.79 Å². The van der Waals surface area contributed by atoms with Gasteiger partial charge in [0, 0.05) is 37.3 Å². The van der Waals surface area contributed by atoms with Crippen LogP contribution in [0.15, 0.2) is 42.6 Å². The number of benzene rings is 1. The second kappa shape index (κ2) is 6.31. The summed E-state index contributed by atoms with van der Waals surface area (Å²) in [7, 11) is 0. The van der Waals surface area contributed by atoms with Crippen LogP contribution >= 0.6 is 0 Å². The highest BCUT2D eigenvalue weighted by Gasteiger charge is 2.31. The number of amides is 1. The van der Waals surface area contributed by atoms with Crippen LogP contribution in [-0.4, -0.2) is 38.4 Å². The third-order valence-electron chi connectivity index (χ3n) is 5.07. The summed E-state index contributed by atoms with van der Waals surface area (Å²) in [5, 5.41) is 0. The molecular formula is C20H22N4O. The highest BCUT2D eigenvalue weighted by atomic mass is 16.2. The maximum absolute atomic E-state index is 12.9. The van der Waals surface area contributed by atoms with Gasteiger partial charge in [-0.1, -0.05) is 18.2 Å². The number of rotatable bonds is 3. The molecule has 1 unspecified atom stereocenters. The molecule has 0 saturated carbocycles. The molecule has 1 saturated heterocycles. The van der Waals surface area contributed by atoms with Gasteiger partial charge in [0.25, 0.3) is 5.91 Å². The van der Waals surface area contributed by atoms with Crippen LogP contribution in [0.4, 0.5) is 0 Å². The summed E-state index contributed by atoms with van der Waals surface area (Å²) >= 11 is 0. The third-order valence-corrected chi connectivity index (χ3v) is 5.07. The number of fused-ring (bicyclic) bond motifs is 1. The second-order valence-corrected chi connectivity index (χ2v) is 6.61. The highest BCUT2D eigenvalue weighted by Crippen LogP contribution is 2.30. The lowest BCUT2D eigenvalue weighted by Crippen LogP contribution is -2.29. The number of aryl methyl sites for hydroxylation is 2. The Bertz CT molecular complexity index is 930. The first-order valence-corrected chi connectivity index (χ1v) is 8.85. The first-order chi connectivity index (χ1) is 12.2. The molecule has 1 fully saturated rings. The zero-order valence-corrected chi connectivity index (χ0v) is 14.6. The Balaban J connectivity index is 1.61. The number of pyridine rings is 1. The average molecular weight is 334 g/mol. The summed E-state index contributed by atoms with van der Waals surface area (Å²) < 4.78 is 2.18. The third kappa shape index (κ3) is 2.69. The Labute approximate surface area is 147 Å². The molecule has 0 N–H and O–H groups in total. The number of imidazole rings is 1. The van der Waals surface area contributed by atoms with Gasteiger partial charge in [-0.3, -0.25) is 4.79 Å². The molecule has 1 aliphatic heterocycles. The molecule has 5 heteroatoms. The van der Waals surface area contributed by atoms with Gasteiger partial charge in [-0.15, -0.1) is 0 Å². The Hall–Kier alpha value is -2.69. The van der Waals surface area contributed by atoms with E-state index in [-0.39, 0.29) is 11.8 Å². The number of carbonyl (C=O) groups excluding carboxylic acids is 1. The number of hydrogen-bond acceptors (Lipinski definition) is 3. The van der Waals surface area contributed by atoms with Crippen molar-refractivity contribution in [3.05, 3.63) is 59.5 Å². The second-order valence-electron chi connectivity index (χ2n) is 6.61. The van der Waals surface area contributed by atoms with Gasteiger partial charge in [-0.2, -0.15) is 0 Å². The molecule has 3 heterocycles. The Morgan fingerprint density at radius 3 is 2.88 bits per heavy atom. The molecule has 1 aliphatic rings. The molecule has 3 aromatic rings. The zero-order chi connectivity index (χ0) is 17.4. The van der Waals surface area contributed by atoms with Crippen LogP contribution in [0, 0.1) is 6.92 Å². The largest absolute Gasteiger partial charge is 0.338 e. The monoisotopic (exact) mass is 334 g/mol. The Morgan fingerprint density at radius 2 is 2.08 bits per heavy atom. The standard InChI is InChI=1S/C20H22N4O/c1-3-24-18(22-17-9-6-11-21-19(17)24)15-10-12-23(13-15)20(25)16-8-5-4-7-14(16)2/h4-9,11,15H,3,10,12-13H2,1-2H3. The van der Waals surface area contributed by atoms with Crippen molar-refractivity contribution in [2.75, 3.05) is 13.1 Å². The van der Waals surface area contributed by atoms with Gasteiger partial charge in [-0.05, 0) is 44.0 Å². The molecule has 4 rings (SSSR count). The van der Waals surface area contributed by atoms with E-state index in [1.165, 1.54) is 0 Å². The van der Waals surface area contributed by atoms with Crippen molar-refractivity contribution in [3.8, 4) is 0 Å². The van der Waals surface area contributed by atoms with Crippen LogP contribution in [0.1, 0.15) is 41.0 Å². The van der Waals surface area contributed by atoms with Gasteiger partial charge in [0.15, 0.2) is 5.65 Å². The molecule has 0 spiro atoms. The van der Waals surface area contributed by atoms with E-state index in [1.807, 2.05) is 54.4 Å². The van der Waals surface area contributed by atoms with E-state index in [4.69, 9.17) is 4.98 Å². The van der Waals surface area contributed by atoms with Gasteiger partial charge in [0.2, 0.25) is 0 Å². The number of likely N-dealkylation sites (tertiary alicyclic amines) is 1. The van der Waals surface area contributed by atoms with Crippen molar-refractivity contribution in [3.63, 3.8) is 0 Å². The van der Waals surface area contributed by atoms with Crippen molar-refractivity contribution in [2.45, 2.75) is 32.7 Å². The summed E-state index contributed by atoms with van der Waals surface area (Å²) in [5.41, 5.74) is 3.70. The molecule has 25 heavy (non-hydrogen) atoms. The molecule has 0 aliphatic carbocycles. The van der Waals surface area contributed by atoms with Crippen LogP contribution in [0.2, 0.25) is 0 Å². The summed E-state index contributed by atoms with van der Waals surface area (Å²) in [6.07, 6.45) is 2.75. The lowest BCUT2D eigenvalue weighted by atomic mass is 10.1. The van der Waals surface area contributed by atoms with E-state index in [0.29, 0.717) is 0 Å². The zero-order valence-electron chi connectivity index (χ0n) is 14.6. The average Bonchev–Trinajstić information content (AvgIpc) is 3.26. The lowest BCUT2D eigenvalue weighted by Gasteiger charge is -2.18. The summed E-state index contributed by atoms with van der Waals surface area (Å²) in [6, 6.07) is 11.7. The van der Waals surface area contributed by atoms with E-state index < -0.39 is 0 Å². The van der Waals surface area contributed by atoms with Gasteiger partial charge in [0.1, 0.15) is 11.3 Å². The minimum Gasteiger partial charge on any atom is -0.338 e. The molecule has 0 radical (unpaired) electrons. The molecule has 1 amide bonds. The minimum atomic E-state index is 0.123. The highest BCUT2D eigenvalue weighted by molar-refractivity contribution is 5.95. The van der Waals surface area contributed by atoms with Crippen LogP contribution < -0.4 is 0 Å². The van der Waals surface area contributed by atoms with Gasteiger partial charge in [-0.25, -0.2) is 9.97 Å². The first kappa shape index (κ1) is 15.8. The van der Waals surface area contributed by atoms with Crippen LogP contribution in [0.5, 0.6) is 0 Å². The van der Waals surface area contributed by atoms with E-state index in [2.05, 4.69) is 16.5 Å². The van der Waals surface area contributed by atoms with Gasteiger partial charge < -0.3 is 9.47 Å². The molecule has 0 bridgehead atoms. The van der Waals surface area contributed by atoms with Crippen LogP contribution in [-0.2, 0) is 6.54 Å². The molecule has 2 aromatic heterocycles. The van der Waals surface area contributed by atoms with Crippen molar-refractivity contribution in [1.82, 2.24) is 19.4 Å². The van der Waals surface area contributed by atoms with Crippen molar-refractivity contribution in [1.29, 1.82) is 0 Å².